The Morgan fingerprint density at radius 1 is 0.867 bits per heavy atom. The largest absolute Gasteiger partial charge is 0.368 e. The summed E-state index contributed by atoms with van der Waals surface area (Å²) in [5, 5.41) is 8.57. The minimum atomic E-state index is -0.827. The second-order valence-electron chi connectivity index (χ2n) is 11.9. The summed E-state index contributed by atoms with van der Waals surface area (Å²) in [6.45, 7) is 3.67. The predicted octanol–water partition coefficient (Wildman–Crippen LogP) is 5.89. The minimum absolute atomic E-state index is 0. The molecule has 0 spiro atoms. The van der Waals surface area contributed by atoms with Crippen LogP contribution in [0.3, 0.4) is 0 Å². The lowest BCUT2D eigenvalue weighted by molar-refractivity contribution is -0.120. The Hall–Kier alpha value is -4.63. The number of hydrogen-bond donors (Lipinski definition) is 4. The first-order valence-corrected chi connectivity index (χ1v) is 16.0. The highest BCUT2D eigenvalue weighted by Crippen LogP contribution is 2.32. The van der Waals surface area contributed by atoms with Gasteiger partial charge in [0, 0.05) is 46.8 Å². The summed E-state index contributed by atoms with van der Waals surface area (Å²) in [6.07, 6.45) is 10.8. The lowest BCUT2D eigenvalue weighted by Crippen LogP contribution is -2.51. The highest BCUT2D eigenvalue weighted by atomic mass is 16.2. The fraction of sp³-hybridized carbons (Fsp3) is 0.361. The Bertz CT molecular complexity index is 1460. The van der Waals surface area contributed by atoms with Gasteiger partial charge < -0.3 is 26.6 Å². The molecule has 240 valence electrons. The van der Waals surface area contributed by atoms with Gasteiger partial charge in [0.25, 0.3) is 0 Å². The first-order valence-electron chi connectivity index (χ1n) is 16.0. The smallest absolute Gasteiger partial charge is 0.319 e. The van der Waals surface area contributed by atoms with E-state index in [0.29, 0.717) is 30.3 Å². The van der Waals surface area contributed by atoms with Gasteiger partial charge in [-0.15, -0.1) is 0 Å². The van der Waals surface area contributed by atoms with Crippen molar-refractivity contribution < 1.29 is 17.2 Å². The third-order valence-corrected chi connectivity index (χ3v) is 8.70. The molecule has 9 nitrogen and oxygen atoms in total. The molecule has 9 heteroatoms. The number of nitrogens with two attached hydrogens (primary N) is 1. The van der Waals surface area contributed by atoms with Crippen LogP contribution in [0, 0.1) is 0 Å². The van der Waals surface area contributed by atoms with E-state index in [0.717, 1.165) is 43.0 Å². The van der Waals surface area contributed by atoms with Crippen LogP contribution in [-0.2, 0) is 16.0 Å². The van der Waals surface area contributed by atoms with Gasteiger partial charge in [-0.25, -0.2) is 4.79 Å². The molecule has 0 radical (unpaired) electrons. The van der Waals surface area contributed by atoms with Crippen LogP contribution in [0.15, 0.2) is 84.9 Å². The van der Waals surface area contributed by atoms with Gasteiger partial charge in [-0.2, -0.15) is 0 Å². The standard InChI is InChI=1S/C36H44N6O3.2H2/c37-35(44)31(19-16-27-10-4-1-5-11-27)40-36(45)38-29-18-20-33(42-24-22-41(23-25-42)30-14-8-3-9-15-30)32(26-29)39-34(43)21-17-28-12-6-2-7-13-28;;/h1-2,4-7,10-13,17-18,20-21,26,30-31H,3,8-9,14-16,19,22-25H2,(H2,37,44)(H,39,43)(H2,38,40,45);2*1H/b21-17+;;. The van der Waals surface area contributed by atoms with Gasteiger partial charge in [-0.05, 0) is 61.1 Å². The van der Waals surface area contributed by atoms with Crippen molar-refractivity contribution in [2.45, 2.75) is 57.0 Å². The molecule has 2 aliphatic rings. The molecule has 5 N–H and O–H groups in total. The molecule has 1 atom stereocenters. The molecule has 3 aromatic rings. The molecule has 1 unspecified atom stereocenters. The molecular weight excluding hydrogens is 564 g/mol. The zero-order valence-electron chi connectivity index (χ0n) is 25.8. The number of aryl methyl sites for hydroxylation is 1. The van der Waals surface area contributed by atoms with Gasteiger partial charge >= 0.3 is 6.03 Å². The Balaban J connectivity index is 0.00000300. The zero-order valence-corrected chi connectivity index (χ0v) is 25.8. The highest BCUT2D eigenvalue weighted by molar-refractivity contribution is 6.04. The Labute approximate surface area is 268 Å². The molecule has 2 fully saturated rings. The van der Waals surface area contributed by atoms with Crippen molar-refractivity contribution in [3.8, 4) is 0 Å². The molecule has 45 heavy (non-hydrogen) atoms. The van der Waals surface area contributed by atoms with Gasteiger partial charge in [0.1, 0.15) is 6.04 Å². The van der Waals surface area contributed by atoms with E-state index in [1.54, 1.807) is 12.1 Å². The first kappa shape index (κ1) is 31.8. The number of nitrogens with zero attached hydrogens (tertiary/aromatic N) is 2. The number of nitrogens with one attached hydrogen (secondary N) is 3. The number of hydrogen-bond acceptors (Lipinski definition) is 5. The summed E-state index contributed by atoms with van der Waals surface area (Å²) in [5.74, 6) is -0.862. The fourth-order valence-electron chi connectivity index (χ4n) is 6.24. The van der Waals surface area contributed by atoms with Crippen LogP contribution in [0.1, 0.15) is 52.5 Å². The molecule has 5 rings (SSSR count). The quantitative estimate of drug-likeness (QED) is 0.201. The van der Waals surface area contributed by atoms with E-state index in [-0.39, 0.29) is 8.76 Å². The van der Waals surface area contributed by atoms with Gasteiger partial charge in [-0.3, -0.25) is 14.5 Å². The van der Waals surface area contributed by atoms with Crippen LogP contribution in [0.2, 0.25) is 0 Å². The fourth-order valence-corrected chi connectivity index (χ4v) is 6.24. The molecule has 4 amide bonds. The van der Waals surface area contributed by atoms with Crippen LogP contribution in [0.25, 0.3) is 6.08 Å². The molecule has 1 aliphatic heterocycles. The van der Waals surface area contributed by atoms with Gasteiger partial charge in [-0.1, -0.05) is 79.9 Å². The molecule has 1 aliphatic carbocycles. The molecular formula is C36H48N6O3. The van der Waals surface area contributed by atoms with E-state index in [2.05, 4.69) is 25.8 Å². The van der Waals surface area contributed by atoms with Crippen LogP contribution >= 0.6 is 0 Å². The SMILES string of the molecule is NC(=O)C(CCc1ccccc1)NC(=O)Nc1ccc(N2CCN(C3CCCCC3)CC2)c(NC(=O)/C=C/c2ccccc2)c1.[HH].[HH]. The summed E-state index contributed by atoms with van der Waals surface area (Å²) in [7, 11) is 0. The average Bonchev–Trinajstić information content (AvgIpc) is 3.07. The lowest BCUT2D eigenvalue weighted by atomic mass is 9.94. The maximum atomic E-state index is 13.0. The number of benzene rings is 3. The maximum Gasteiger partial charge on any atom is 0.319 e. The number of rotatable bonds is 11. The number of carbonyl (C=O) groups is 3. The number of anilines is 3. The van der Waals surface area contributed by atoms with E-state index < -0.39 is 18.0 Å². The Kier molecular flexibility index (Phi) is 11.2. The first-order chi connectivity index (χ1) is 21.9. The van der Waals surface area contributed by atoms with Crippen LogP contribution in [0.5, 0.6) is 0 Å². The maximum absolute atomic E-state index is 13.0. The number of urea groups is 1. The number of amides is 4. The number of piperazine rings is 1. The average molecular weight is 613 g/mol. The molecule has 0 bridgehead atoms. The van der Waals surface area contributed by atoms with Crippen molar-refractivity contribution in [3.05, 3.63) is 96.1 Å². The topological polar surface area (TPSA) is 120 Å². The number of primary amides is 1. The van der Waals surface area contributed by atoms with Gasteiger partial charge in [0.15, 0.2) is 0 Å². The molecule has 1 saturated carbocycles. The van der Waals surface area contributed by atoms with Crippen molar-refractivity contribution in [3.63, 3.8) is 0 Å². The Morgan fingerprint density at radius 3 is 2.24 bits per heavy atom. The number of carbonyl (C=O) groups excluding carboxylic acids is 3. The second-order valence-corrected chi connectivity index (χ2v) is 11.9. The normalized spacial score (nSPS) is 16.7. The van der Waals surface area contributed by atoms with Crippen molar-refractivity contribution in [1.29, 1.82) is 0 Å². The van der Waals surface area contributed by atoms with Crippen LogP contribution < -0.4 is 26.6 Å². The van der Waals surface area contributed by atoms with Crippen molar-refractivity contribution in [2.24, 2.45) is 5.73 Å². The van der Waals surface area contributed by atoms with Crippen molar-refractivity contribution in [1.82, 2.24) is 10.2 Å². The zero-order chi connectivity index (χ0) is 31.4. The summed E-state index contributed by atoms with van der Waals surface area (Å²) >= 11 is 0. The lowest BCUT2D eigenvalue weighted by Gasteiger charge is -2.42. The summed E-state index contributed by atoms with van der Waals surface area (Å²) < 4.78 is 0. The predicted molar refractivity (Wildman–Crippen MR) is 185 cm³/mol. The minimum Gasteiger partial charge on any atom is -0.368 e. The summed E-state index contributed by atoms with van der Waals surface area (Å²) in [4.78, 5) is 43.0. The summed E-state index contributed by atoms with van der Waals surface area (Å²) in [5.41, 5.74) is 9.60. The molecule has 3 aromatic carbocycles. The van der Waals surface area contributed by atoms with Gasteiger partial charge in [0.05, 0.1) is 11.4 Å². The highest BCUT2D eigenvalue weighted by Gasteiger charge is 2.26. The molecule has 1 saturated heterocycles. The second kappa shape index (κ2) is 15.9. The van der Waals surface area contributed by atoms with E-state index in [1.165, 1.54) is 38.2 Å². The molecule has 1 heterocycles. The Morgan fingerprint density at radius 2 is 1.56 bits per heavy atom. The third kappa shape index (κ3) is 9.43. The van der Waals surface area contributed by atoms with Crippen molar-refractivity contribution in [2.75, 3.05) is 41.7 Å². The van der Waals surface area contributed by atoms with Crippen LogP contribution in [-0.4, -0.2) is 61.0 Å². The van der Waals surface area contributed by atoms with E-state index in [4.69, 9.17) is 5.73 Å². The van der Waals surface area contributed by atoms with E-state index >= 15 is 0 Å². The summed E-state index contributed by atoms with van der Waals surface area (Å²) in [6, 6.07) is 24.2. The van der Waals surface area contributed by atoms with E-state index in [1.807, 2.05) is 72.8 Å². The van der Waals surface area contributed by atoms with Gasteiger partial charge in [0.2, 0.25) is 11.8 Å². The van der Waals surface area contributed by atoms with E-state index in [9.17, 15) is 14.4 Å². The molecule has 0 aromatic heterocycles. The van der Waals surface area contributed by atoms with Crippen molar-refractivity contribution >= 4 is 41.0 Å². The monoisotopic (exact) mass is 612 g/mol. The third-order valence-electron chi connectivity index (χ3n) is 8.70. The van der Waals surface area contributed by atoms with Crippen LogP contribution in [0.4, 0.5) is 21.9 Å².